The van der Waals surface area contributed by atoms with Crippen LogP contribution in [0.25, 0.3) is 5.82 Å². The van der Waals surface area contributed by atoms with Crippen LogP contribution in [0.1, 0.15) is 30.5 Å². The van der Waals surface area contributed by atoms with Crippen molar-refractivity contribution in [3.8, 4) is 5.82 Å². The number of aliphatic imine (C=N–C) groups is 1. The number of sulfonamides is 1. The normalized spacial score (nSPS) is 14.3. The number of carbonyl (C=O) groups is 1. The molecular formula is C19H24N6O4S. The maximum atomic E-state index is 12.8. The molecular weight excluding hydrogens is 408 g/mol. The van der Waals surface area contributed by atoms with Crippen LogP contribution in [-0.4, -0.2) is 37.1 Å². The zero-order valence-electron chi connectivity index (χ0n) is 16.6. The van der Waals surface area contributed by atoms with Crippen molar-refractivity contribution >= 4 is 34.0 Å². The predicted molar refractivity (Wildman–Crippen MR) is 114 cm³/mol. The first-order valence-electron chi connectivity index (χ1n) is 9.40. The Kier molecular flexibility index (Phi) is 6.04. The number of nitrogens with two attached hydrogens (primary N) is 2. The largest absolute Gasteiger partial charge is 0.396 e. The lowest BCUT2D eigenvalue weighted by atomic mass is 9.86. The molecule has 0 saturated heterocycles. The van der Waals surface area contributed by atoms with Crippen molar-refractivity contribution in [2.24, 2.45) is 10.9 Å². The molecule has 160 valence electrons. The molecule has 11 heteroatoms. The minimum Gasteiger partial charge on any atom is -0.396 e. The van der Waals surface area contributed by atoms with Crippen LogP contribution in [-0.2, 0) is 21.2 Å². The lowest BCUT2D eigenvalue weighted by Crippen LogP contribution is -2.34. The Morgan fingerprint density at radius 2 is 2.10 bits per heavy atom. The highest BCUT2D eigenvalue weighted by Crippen LogP contribution is 2.26. The molecule has 0 atom stereocenters. The Bertz CT molecular complexity index is 1170. The van der Waals surface area contributed by atoms with Crippen LogP contribution in [0.5, 0.6) is 0 Å². The second-order valence-corrected chi connectivity index (χ2v) is 9.03. The maximum Gasteiger partial charge on any atom is 0.280 e. The van der Waals surface area contributed by atoms with Crippen LogP contribution in [0.2, 0.25) is 0 Å². The van der Waals surface area contributed by atoms with E-state index in [0.29, 0.717) is 23.7 Å². The molecule has 0 radical (unpaired) electrons. The summed E-state index contributed by atoms with van der Waals surface area (Å²) in [5.41, 5.74) is 11.9. The number of aromatic nitrogens is 2. The van der Waals surface area contributed by atoms with Gasteiger partial charge < -0.3 is 11.5 Å². The molecule has 2 aromatic heterocycles. The average Bonchev–Trinajstić information content (AvgIpc) is 2.65. The van der Waals surface area contributed by atoms with Crippen LogP contribution in [0.3, 0.4) is 0 Å². The predicted octanol–water partition coefficient (Wildman–Crippen LogP) is 0.553. The highest BCUT2D eigenvalue weighted by atomic mass is 32.2. The number of carbonyl (C=O) groups excluding carboxylic acids is 1. The van der Waals surface area contributed by atoms with Gasteiger partial charge in [0.25, 0.3) is 5.56 Å². The number of nitrogens with one attached hydrogen (secondary N) is 1. The van der Waals surface area contributed by atoms with Gasteiger partial charge in [-0.05, 0) is 50.1 Å². The Balaban J connectivity index is 1.95. The van der Waals surface area contributed by atoms with Crippen molar-refractivity contribution in [2.75, 3.05) is 18.0 Å². The van der Waals surface area contributed by atoms with Gasteiger partial charge in [0.2, 0.25) is 15.9 Å². The minimum absolute atomic E-state index is 0.0201. The van der Waals surface area contributed by atoms with Crippen LogP contribution in [0.4, 0.5) is 11.4 Å². The highest BCUT2D eigenvalue weighted by Gasteiger charge is 2.25. The molecule has 0 spiro atoms. The van der Waals surface area contributed by atoms with Gasteiger partial charge in [0.05, 0.1) is 12.1 Å². The minimum atomic E-state index is -3.92. The van der Waals surface area contributed by atoms with E-state index >= 15 is 0 Å². The van der Waals surface area contributed by atoms with E-state index in [1.165, 1.54) is 18.3 Å². The van der Waals surface area contributed by atoms with E-state index in [-0.39, 0.29) is 22.8 Å². The monoisotopic (exact) mass is 432 g/mol. The summed E-state index contributed by atoms with van der Waals surface area (Å²) in [5, 5.41) is 0. The van der Waals surface area contributed by atoms with Crippen molar-refractivity contribution in [3.63, 3.8) is 0 Å². The van der Waals surface area contributed by atoms with E-state index in [9.17, 15) is 18.0 Å². The van der Waals surface area contributed by atoms with Gasteiger partial charge in [-0.2, -0.15) is 0 Å². The molecule has 2 aromatic rings. The zero-order valence-corrected chi connectivity index (χ0v) is 17.4. The molecule has 0 unspecified atom stereocenters. The molecule has 10 nitrogen and oxygen atoms in total. The summed E-state index contributed by atoms with van der Waals surface area (Å²) in [5.74, 6) is -0.0224. The lowest BCUT2D eigenvalue weighted by molar-refractivity contribution is -0.117. The summed E-state index contributed by atoms with van der Waals surface area (Å²) in [6.45, 7) is 5.17. The second kappa shape index (κ2) is 8.36. The summed E-state index contributed by atoms with van der Waals surface area (Å²) in [4.78, 5) is 31.7. The summed E-state index contributed by atoms with van der Waals surface area (Å²) in [6.07, 6.45) is 4.30. The third-order valence-corrected chi connectivity index (χ3v) is 6.72. The van der Waals surface area contributed by atoms with Gasteiger partial charge >= 0.3 is 0 Å². The van der Waals surface area contributed by atoms with Crippen molar-refractivity contribution < 1.29 is 13.2 Å². The number of amides is 1. The quantitative estimate of drug-likeness (QED) is 0.538. The third-order valence-electron chi connectivity index (χ3n) is 5.24. The maximum absolute atomic E-state index is 12.8. The molecule has 1 aliphatic carbocycles. The summed E-state index contributed by atoms with van der Waals surface area (Å²) in [7, 11) is -3.92. The third kappa shape index (κ3) is 4.26. The fourth-order valence-electron chi connectivity index (χ4n) is 3.18. The molecule has 0 bridgehead atoms. The van der Waals surface area contributed by atoms with Crippen molar-refractivity contribution in [3.05, 3.63) is 39.9 Å². The molecule has 1 fully saturated rings. The van der Waals surface area contributed by atoms with E-state index in [4.69, 9.17) is 11.5 Å². The van der Waals surface area contributed by atoms with Gasteiger partial charge in [0, 0.05) is 18.4 Å². The highest BCUT2D eigenvalue weighted by molar-refractivity contribution is 7.89. The number of anilines is 2. The number of hydrogen-bond donors (Lipinski definition) is 3. The fraction of sp³-hybridized carbons (Fsp3) is 0.368. The van der Waals surface area contributed by atoms with E-state index in [1.807, 2.05) is 0 Å². The topological polar surface area (TPSA) is 163 Å². The molecule has 1 amide bonds. The van der Waals surface area contributed by atoms with Gasteiger partial charge in [-0.3, -0.25) is 14.2 Å². The summed E-state index contributed by atoms with van der Waals surface area (Å²) in [6, 6.07) is 2.77. The molecule has 0 aromatic carbocycles. The Morgan fingerprint density at radius 3 is 2.70 bits per heavy atom. The standard InChI is InChI=1S/C19H24N6O4S/c1-11-13(9-16(26)22-2)8-14(20)18(24-11)25-7-6-15(17(21)19(25)27)30(28,29)23-10-12-4-3-5-12/h6-8,12,23H,2-5,9-10,20-21H2,1H3. The number of aryl methyl sites for hydroxylation is 1. The van der Waals surface area contributed by atoms with E-state index in [0.717, 1.165) is 23.8 Å². The molecule has 1 saturated carbocycles. The van der Waals surface area contributed by atoms with Gasteiger partial charge in [0.15, 0.2) is 5.82 Å². The van der Waals surface area contributed by atoms with Crippen molar-refractivity contribution in [1.29, 1.82) is 0 Å². The SMILES string of the molecule is C=NC(=O)Cc1cc(N)c(-n2ccc(S(=O)(=O)NCC3CCC3)c(N)c2=O)nc1C. The first-order valence-corrected chi connectivity index (χ1v) is 10.9. The van der Waals surface area contributed by atoms with Crippen LogP contribution < -0.4 is 21.7 Å². The summed E-state index contributed by atoms with van der Waals surface area (Å²) < 4.78 is 28.7. The molecule has 1 aliphatic rings. The number of hydrogen-bond acceptors (Lipinski definition) is 7. The number of nitrogen functional groups attached to an aromatic ring is 2. The number of rotatable bonds is 7. The first-order chi connectivity index (χ1) is 14.1. The van der Waals surface area contributed by atoms with E-state index in [2.05, 4.69) is 21.4 Å². The van der Waals surface area contributed by atoms with Crippen LogP contribution >= 0.6 is 0 Å². The van der Waals surface area contributed by atoms with E-state index < -0.39 is 27.2 Å². The number of pyridine rings is 2. The van der Waals surface area contributed by atoms with Crippen molar-refractivity contribution in [2.45, 2.75) is 37.5 Å². The van der Waals surface area contributed by atoms with Crippen LogP contribution in [0, 0.1) is 12.8 Å². The van der Waals surface area contributed by atoms with Gasteiger partial charge in [-0.1, -0.05) is 6.42 Å². The zero-order chi connectivity index (χ0) is 22.1. The van der Waals surface area contributed by atoms with Crippen molar-refractivity contribution in [1.82, 2.24) is 14.3 Å². The van der Waals surface area contributed by atoms with E-state index in [1.54, 1.807) is 6.92 Å². The Morgan fingerprint density at radius 1 is 1.40 bits per heavy atom. The van der Waals surface area contributed by atoms with Gasteiger partial charge in [0.1, 0.15) is 10.6 Å². The van der Waals surface area contributed by atoms with Gasteiger partial charge in [-0.15, -0.1) is 0 Å². The fourth-order valence-corrected chi connectivity index (χ4v) is 4.41. The Hall–Kier alpha value is -3.05. The molecule has 30 heavy (non-hydrogen) atoms. The second-order valence-electron chi connectivity index (χ2n) is 7.29. The lowest BCUT2D eigenvalue weighted by Gasteiger charge is -2.25. The number of nitrogens with zero attached hydrogens (tertiary/aromatic N) is 3. The smallest absolute Gasteiger partial charge is 0.280 e. The summed E-state index contributed by atoms with van der Waals surface area (Å²) >= 11 is 0. The molecule has 0 aliphatic heterocycles. The molecule has 3 rings (SSSR count). The van der Waals surface area contributed by atoms with Crippen LogP contribution in [0.15, 0.2) is 33.0 Å². The average molecular weight is 433 g/mol. The molecule has 2 heterocycles. The first kappa shape index (κ1) is 21.7. The Labute approximate surface area is 174 Å². The molecule has 5 N–H and O–H groups in total. The van der Waals surface area contributed by atoms with Gasteiger partial charge in [-0.25, -0.2) is 23.1 Å².